The third-order valence-electron chi connectivity index (χ3n) is 3.75. The number of hydrogen-bond acceptors (Lipinski definition) is 3. The molecule has 0 aromatic heterocycles. The number of fused-ring (bicyclic) bond motifs is 1. The van der Waals surface area contributed by atoms with E-state index in [-0.39, 0.29) is 11.3 Å². The molecule has 2 aromatic rings. The van der Waals surface area contributed by atoms with E-state index in [1.807, 2.05) is 24.3 Å². The van der Waals surface area contributed by atoms with Crippen molar-refractivity contribution in [2.24, 2.45) is 0 Å². The summed E-state index contributed by atoms with van der Waals surface area (Å²) >= 11 is 0. The van der Waals surface area contributed by atoms with Crippen LogP contribution in [0.3, 0.4) is 0 Å². The zero-order chi connectivity index (χ0) is 15.0. The van der Waals surface area contributed by atoms with Crippen molar-refractivity contribution in [3.8, 4) is 0 Å². The molecule has 0 unspecified atom stereocenters. The highest BCUT2D eigenvalue weighted by Gasteiger charge is 2.32. The van der Waals surface area contributed by atoms with E-state index < -0.39 is 23.9 Å². The summed E-state index contributed by atoms with van der Waals surface area (Å²) in [5.41, 5.74) is 7.48. The molecule has 1 amide bonds. The van der Waals surface area contributed by atoms with E-state index in [1.165, 1.54) is 12.1 Å². The largest absolute Gasteiger partial charge is 0.396 e. The van der Waals surface area contributed by atoms with E-state index in [4.69, 9.17) is 5.73 Å². The van der Waals surface area contributed by atoms with E-state index in [2.05, 4.69) is 5.32 Å². The molecule has 0 bridgehead atoms. The maximum absolute atomic E-state index is 13.4. The average molecular weight is 286 g/mol. The second-order valence-corrected chi connectivity index (χ2v) is 5.16. The lowest BCUT2D eigenvalue weighted by Gasteiger charge is -2.18. The second kappa shape index (κ2) is 5.18. The summed E-state index contributed by atoms with van der Waals surface area (Å²) in [5, 5.41) is 12.8. The Morgan fingerprint density at radius 1 is 1.29 bits per heavy atom. The Labute approximate surface area is 121 Å². The number of hydrogen-bond donors (Lipinski definition) is 3. The summed E-state index contributed by atoms with van der Waals surface area (Å²) < 4.78 is 13.4. The smallest absolute Gasteiger partial charge is 0.251 e. The Morgan fingerprint density at radius 3 is 2.81 bits per heavy atom. The minimum absolute atomic E-state index is 0.00204. The SMILES string of the molecule is Nc1ccc(C(=O)N[C@H]2c3ccccc3C[C@H]2O)cc1F. The van der Waals surface area contributed by atoms with Crippen LogP contribution >= 0.6 is 0 Å². The molecule has 0 heterocycles. The number of amides is 1. The van der Waals surface area contributed by atoms with Crippen LogP contribution in [0.1, 0.15) is 27.5 Å². The van der Waals surface area contributed by atoms with E-state index in [1.54, 1.807) is 0 Å². The van der Waals surface area contributed by atoms with Crippen molar-refractivity contribution in [3.63, 3.8) is 0 Å². The standard InChI is InChI=1S/C16H15FN2O2/c17-12-7-10(5-6-13(12)18)16(21)19-15-11-4-2-1-3-9(11)8-14(15)20/h1-7,14-15,20H,8,18H2,(H,19,21)/t14-,15+/m1/s1. The fraction of sp³-hybridized carbons (Fsp3) is 0.188. The van der Waals surface area contributed by atoms with Gasteiger partial charge in [-0.25, -0.2) is 4.39 Å². The first kappa shape index (κ1) is 13.6. The summed E-state index contributed by atoms with van der Waals surface area (Å²) in [7, 11) is 0. The van der Waals surface area contributed by atoms with Gasteiger partial charge in [0.25, 0.3) is 5.91 Å². The second-order valence-electron chi connectivity index (χ2n) is 5.16. The molecule has 0 spiro atoms. The third kappa shape index (κ3) is 2.48. The molecule has 1 aliphatic rings. The van der Waals surface area contributed by atoms with Crippen LogP contribution in [0.15, 0.2) is 42.5 Å². The predicted molar refractivity (Wildman–Crippen MR) is 77.2 cm³/mol. The average Bonchev–Trinajstić information content (AvgIpc) is 2.78. The molecule has 0 fully saturated rings. The molecule has 21 heavy (non-hydrogen) atoms. The first-order valence-electron chi connectivity index (χ1n) is 6.68. The molecule has 0 aliphatic heterocycles. The van der Waals surface area contributed by atoms with E-state index in [9.17, 15) is 14.3 Å². The maximum atomic E-state index is 13.4. The Hall–Kier alpha value is -2.40. The van der Waals surface area contributed by atoms with Gasteiger partial charge in [-0.05, 0) is 29.3 Å². The quantitative estimate of drug-likeness (QED) is 0.737. The number of carbonyl (C=O) groups excluding carboxylic acids is 1. The summed E-state index contributed by atoms with van der Waals surface area (Å²) in [4.78, 5) is 12.2. The minimum Gasteiger partial charge on any atom is -0.396 e. The van der Waals surface area contributed by atoms with Gasteiger partial charge in [0.15, 0.2) is 0 Å². The molecule has 4 N–H and O–H groups in total. The molecule has 5 heteroatoms. The van der Waals surface area contributed by atoms with Gasteiger partial charge in [0.2, 0.25) is 0 Å². The van der Waals surface area contributed by atoms with Crippen molar-refractivity contribution in [2.75, 3.05) is 5.73 Å². The monoisotopic (exact) mass is 286 g/mol. The molecule has 1 aliphatic carbocycles. The fourth-order valence-electron chi connectivity index (χ4n) is 2.64. The van der Waals surface area contributed by atoms with E-state index >= 15 is 0 Å². The van der Waals surface area contributed by atoms with Gasteiger partial charge in [-0.1, -0.05) is 24.3 Å². The predicted octanol–water partition coefficient (Wildman–Crippen LogP) is 1.80. The molecule has 3 rings (SSSR count). The number of nitrogens with one attached hydrogen (secondary N) is 1. The summed E-state index contributed by atoms with van der Waals surface area (Å²) in [6.45, 7) is 0. The van der Waals surface area contributed by atoms with Crippen LogP contribution in [0.25, 0.3) is 0 Å². The molecular weight excluding hydrogens is 271 g/mol. The lowest BCUT2D eigenvalue weighted by molar-refractivity contribution is 0.0858. The van der Waals surface area contributed by atoms with Gasteiger partial charge in [-0.15, -0.1) is 0 Å². The number of carbonyl (C=O) groups is 1. The first-order chi connectivity index (χ1) is 10.1. The van der Waals surface area contributed by atoms with Crippen LogP contribution in [0.5, 0.6) is 0 Å². The van der Waals surface area contributed by atoms with Crippen LogP contribution in [0.2, 0.25) is 0 Å². The molecule has 0 saturated carbocycles. The van der Waals surface area contributed by atoms with Gasteiger partial charge in [-0.3, -0.25) is 4.79 Å². The molecule has 0 radical (unpaired) electrons. The molecule has 108 valence electrons. The lowest BCUT2D eigenvalue weighted by Crippen LogP contribution is -2.33. The number of benzene rings is 2. The molecule has 0 saturated heterocycles. The molecule has 2 aromatic carbocycles. The van der Waals surface area contributed by atoms with Crippen LogP contribution in [-0.2, 0) is 6.42 Å². The number of nitrogen functional groups attached to an aromatic ring is 1. The van der Waals surface area contributed by atoms with Crippen molar-refractivity contribution >= 4 is 11.6 Å². The highest BCUT2D eigenvalue weighted by atomic mass is 19.1. The number of halogens is 1. The number of aliphatic hydroxyl groups is 1. The van der Waals surface area contributed by atoms with Gasteiger partial charge < -0.3 is 16.2 Å². The zero-order valence-electron chi connectivity index (χ0n) is 11.2. The van der Waals surface area contributed by atoms with Crippen LogP contribution in [0, 0.1) is 5.82 Å². The maximum Gasteiger partial charge on any atom is 0.251 e. The lowest BCUT2D eigenvalue weighted by atomic mass is 10.1. The van der Waals surface area contributed by atoms with Crippen molar-refractivity contribution < 1.29 is 14.3 Å². The van der Waals surface area contributed by atoms with Gasteiger partial charge >= 0.3 is 0 Å². The molecule has 4 nitrogen and oxygen atoms in total. The van der Waals surface area contributed by atoms with Crippen LogP contribution in [-0.4, -0.2) is 17.1 Å². The third-order valence-corrected chi connectivity index (χ3v) is 3.75. The van der Waals surface area contributed by atoms with Crippen molar-refractivity contribution in [3.05, 3.63) is 65.0 Å². The van der Waals surface area contributed by atoms with Crippen molar-refractivity contribution in [1.82, 2.24) is 5.32 Å². The number of anilines is 1. The topological polar surface area (TPSA) is 75.4 Å². The summed E-state index contributed by atoms with van der Waals surface area (Å²) in [6.07, 6.45) is -0.179. The summed E-state index contributed by atoms with van der Waals surface area (Å²) in [5.74, 6) is -1.07. The minimum atomic E-state index is -0.676. The first-order valence-corrected chi connectivity index (χ1v) is 6.68. The Morgan fingerprint density at radius 2 is 2.05 bits per heavy atom. The normalized spacial score (nSPS) is 20.1. The van der Waals surface area contributed by atoms with Gasteiger partial charge in [0.05, 0.1) is 17.8 Å². The fourth-order valence-corrected chi connectivity index (χ4v) is 2.64. The highest BCUT2D eigenvalue weighted by Crippen LogP contribution is 2.31. The van der Waals surface area contributed by atoms with Crippen molar-refractivity contribution in [2.45, 2.75) is 18.6 Å². The van der Waals surface area contributed by atoms with Gasteiger partial charge in [0, 0.05) is 12.0 Å². The van der Waals surface area contributed by atoms with E-state index in [0.29, 0.717) is 6.42 Å². The Kier molecular flexibility index (Phi) is 3.35. The summed E-state index contributed by atoms with van der Waals surface area (Å²) in [6, 6.07) is 11.0. The Balaban J connectivity index is 1.83. The van der Waals surface area contributed by atoms with E-state index in [0.717, 1.165) is 17.2 Å². The molecular formula is C16H15FN2O2. The van der Waals surface area contributed by atoms with Crippen LogP contribution in [0.4, 0.5) is 10.1 Å². The van der Waals surface area contributed by atoms with Crippen molar-refractivity contribution in [1.29, 1.82) is 0 Å². The Bertz CT molecular complexity index is 702. The zero-order valence-corrected chi connectivity index (χ0v) is 11.2. The molecule has 2 atom stereocenters. The van der Waals surface area contributed by atoms with Crippen LogP contribution < -0.4 is 11.1 Å². The van der Waals surface area contributed by atoms with Gasteiger partial charge in [-0.2, -0.15) is 0 Å². The number of aliphatic hydroxyl groups excluding tert-OH is 1. The number of rotatable bonds is 2. The highest BCUT2D eigenvalue weighted by molar-refractivity contribution is 5.95. The van der Waals surface area contributed by atoms with Gasteiger partial charge in [0.1, 0.15) is 5.82 Å². The number of nitrogens with two attached hydrogens (primary N) is 1.